The second kappa shape index (κ2) is 6.12. The van der Waals surface area contributed by atoms with Gasteiger partial charge in [0.15, 0.2) is 0 Å². The summed E-state index contributed by atoms with van der Waals surface area (Å²) in [5.41, 5.74) is 1.33. The van der Waals surface area contributed by atoms with E-state index in [0.717, 1.165) is 10.5 Å². The highest BCUT2D eigenvalue weighted by Crippen LogP contribution is 2.23. The Morgan fingerprint density at radius 1 is 0.957 bits per heavy atom. The van der Waals surface area contributed by atoms with Crippen molar-refractivity contribution in [3.63, 3.8) is 0 Å². The van der Waals surface area contributed by atoms with E-state index in [2.05, 4.69) is 0 Å². The van der Waals surface area contributed by atoms with Crippen molar-refractivity contribution in [2.24, 2.45) is 0 Å². The molecule has 2 aromatic carbocycles. The first kappa shape index (κ1) is 15.1. The van der Waals surface area contributed by atoms with Gasteiger partial charge in [-0.25, -0.2) is 8.78 Å². The Morgan fingerprint density at radius 2 is 1.52 bits per heavy atom. The highest BCUT2D eigenvalue weighted by atomic mass is 19.1. The van der Waals surface area contributed by atoms with Crippen molar-refractivity contribution < 1.29 is 18.4 Å². The summed E-state index contributed by atoms with van der Waals surface area (Å²) in [6.45, 7) is -0.395. The van der Waals surface area contributed by atoms with Gasteiger partial charge in [0.2, 0.25) is 0 Å². The highest BCUT2D eigenvalue weighted by molar-refractivity contribution is 6.21. The zero-order valence-corrected chi connectivity index (χ0v) is 12.1. The third-order valence-electron chi connectivity index (χ3n) is 3.66. The summed E-state index contributed by atoms with van der Waals surface area (Å²) in [6, 6.07) is 12.1. The number of nitrogens with zero attached hydrogens (tertiary/aromatic N) is 1. The lowest BCUT2D eigenvalue weighted by Crippen LogP contribution is -2.31. The van der Waals surface area contributed by atoms with Crippen LogP contribution in [0.3, 0.4) is 0 Å². The number of halogens is 2. The predicted octanol–water partition coefficient (Wildman–Crippen LogP) is 3.52. The van der Waals surface area contributed by atoms with Crippen LogP contribution in [0.25, 0.3) is 0 Å². The van der Waals surface area contributed by atoms with Crippen LogP contribution < -0.4 is 0 Å². The summed E-state index contributed by atoms with van der Waals surface area (Å²) in [5, 5.41) is 0. The van der Waals surface area contributed by atoms with Gasteiger partial charge in [0, 0.05) is 0 Å². The number of hydrogen-bond acceptors (Lipinski definition) is 2. The van der Waals surface area contributed by atoms with E-state index in [-0.39, 0.29) is 12.2 Å². The fraction of sp³-hybridized carbons (Fsp3) is 0.111. The average molecular weight is 313 g/mol. The van der Waals surface area contributed by atoms with Crippen LogP contribution in [-0.4, -0.2) is 23.3 Å². The quantitative estimate of drug-likeness (QED) is 0.810. The first-order chi connectivity index (χ1) is 11.1. The fourth-order valence-corrected chi connectivity index (χ4v) is 2.45. The van der Waals surface area contributed by atoms with E-state index < -0.39 is 24.2 Å². The standard InChI is InChI=1S/C18H13F2NO2/c19-13-8-5-12(6-9-13)7-10-14(20)11-21-17(22)15-3-1-2-4-16(15)18(21)23/h1-6,8-10H,7,11H2/b14-10-. The number of carbonyl (C=O) groups is 2. The number of carbonyl (C=O) groups excluding carboxylic acids is 2. The van der Waals surface area contributed by atoms with Gasteiger partial charge in [-0.1, -0.05) is 24.3 Å². The number of rotatable bonds is 4. The maximum atomic E-state index is 14.0. The molecule has 3 nitrogen and oxygen atoms in total. The molecule has 0 aromatic heterocycles. The molecule has 1 heterocycles. The number of hydrogen-bond donors (Lipinski definition) is 0. The van der Waals surface area contributed by atoms with Crippen LogP contribution in [0.5, 0.6) is 0 Å². The number of benzene rings is 2. The molecule has 116 valence electrons. The van der Waals surface area contributed by atoms with Gasteiger partial charge in [-0.05, 0) is 42.3 Å². The lowest BCUT2D eigenvalue weighted by molar-refractivity contribution is 0.0660. The second-order valence-electron chi connectivity index (χ2n) is 5.22. The maximum absolute atomic E-state index is 14.0. The minimum absolute atomic E-state index is 0.259. The van der Waals surface area contributed by atoms with Gasteiger partial charge in [-0.2, -0.15) is 0 Å². The summed E-state index contributed by atoms with van der Waals surface area (Å²) in [4.78, 5) is 25.1. The van der Waals surface area contributed by atoms with E-state index in [9.17, 15) is 18.4 Å². The van der Waals surface area contributed by atoms with E-state index in [4.69, 9.17) is 0 Å². The Hall–Kier alpha value is -2.82. The van der Waals surface area contributed by atoms with E-state index in [1.165, 1.54) is 18.2 Å². The topological polar surface area (TPSA) is 37.4 Å². The van der Waals surface area contributed by atoms with E-state index >= 15 is 0 Å². The van der Waals surface area contributed by atoms with E-state index in [0.29, 0.717) is 11.1 Å². The Labute approximate surface area is 131 Å². The van der Waals surface area contributed by atoms with Gasteiger partial charge in [0.05, 0.1) is 17.7 Å². The number of allylic oxidation sites excluding steroid dienone is 1. The molecule has 3 rings (SSSR count). The minimum Gasteiger partial charge on any atom is -0.269 e. The molecule has 5 heteroatoms. The Bertz CT molecular complexity index is 762. The van der Waals surface area contributed by atoms with Gasteiger partial charge in [-0.3, -0.25) is 14.5 Å². The summed E-state index contributed by atoms with van der Waals surface area (Å²) in [7, 11) is 0. The van der Waals surface area contributed by atoms with Gasteiger partial charge in [-0.15, -0.1) is 0 Å². The zero-order chi connectivity index (χ0) is 16.4. The summed E-state index contributed by atoms with van der Waals surface area (Å²) >= 11 is 0. The molecule has 23 heavy (non-hydrogen) atoms. The molecule has 0 fully saturated rings. The van der Waals surface area contributed by atoms with Crippen molar-refractivity contribution in [1.29, 1.82) is 0 Å². The maximum Gasteiger partial charge on any atom is 0.261 e. The molecule has 0 radical (unpaired) electrons. The minimum atomic E-state index is -0.580. The molecular formula is C18H13F2NO2. The normalized spacial score (nSPS) is 14.3. The Morgan fingerprint density at radius 3 is 2.09 bits per heavy atom. The molecule has 0 bridgehead atoms. The van der Waals surface area contributed by atoms with Gasteiger partial charge < -0.3 is 0 Å². The molecular weight excluding hydrogens is 300 g/mol. The SMILES string of the molecule is O=C1c2ccccc2C(=O)N1C/C(F)=C/Cc1ccc(F)cc1. The first-order valence-electron chi connectivity index (χ1n) is 7.10. The lowest BCUT2D eigenvalue weighted by atomic mass is 10.1. The molecule has 0 saturated carbocycles. The smallest absolute Gasteiger partial charge is 0.261 e. The van der Waals surface area contributed by atoms with Crippen molar-refractivity contribution in [2.75, 3.05) is 6.54 Å². The Kier molecular flexibility index (Phi) is 4.02. The van der Waals surface area contributed by atoms with Crippen molar-refractivity contribution in [2.45, 2.75) is 6.42 Å². The molecule has 1 aliphatic rings. The molecule has 0 saturated heterocycles. The third-order valence-corrected chi connectivity index (χ3v) is 3.66. The van der Waals surface area contributed by atoms with Gasteiger partial charge >= 0.3 is 0 Å². The average Bonchev–Trinajstić information content (AvgIpc) is 2.80. The van der Waals surface area contributed by atoms with Crippen LogP contribution >= 0.6 is 0 Å². The summed E-state index contributed by atoms with van der Waals surface area (Å²) in [6.07, 6.45) is 1.55. The second-order valence-corrected chi connectivity index (χ2v) is 5.22. The summed E-state index contributed by atoms with van der Waals surface area (Å²) < 4.78 is 26.8. The predicted molar refractivity (Wildman–Crippen MR) is 81.1 cm³/mol. The van der Waals surface area contributed by atoms with Crippen molar-refractivity contribution in [1.82, 2.24) is 4.90 Å². The molecule has 1 aliphatic heterocycles. The lowest BCUT2D eigenvalue weighted by Gasteiger charge is -2.12. The van der Waals surface area contributed by atoms with Gasteiger partial charge in [0.25, 0.3) is 11.8 Å². The van der Waals surface area contributed by atoms with Crippen molar-refractivity contribution >= 4 is 11.8 Å². The van der Waals surface area contributed by atoms with Gasteiger partial charge in [0.1, 0.15) is 11.6 Å². The number of amides is 2. The van der Waals surface area contributed by atoms with Crippen LogP contribution in [0, 0.1) is 5.82 Å². The Balaban J connectivity index is 1.70. The van der Waals surface area contributed by atoms with Crippen molar-refractivity contribution in [3.8, 4) is 0 Å². The molecule has 2 amide bonds. The molecule has 0 atom stereocenters. The van der Waals surface area contributed by atoms with Crippen LogP contribution in [0.4, 0.5) is 8.78 Å². The molecule has 0 unspecified atom stereocenters. The monoisotopic (exact) mass is 313 g/mol. The fourth-order valence-electron chi connectivity index (χ4n) is 2.45. The molecule has 2 aromatic rings. The van der Waals surface area contributed by atoms with Crippen LogP contribution in [0.1, 0.15) is 26.3 Å². The highest BCUT2D eigenvalue weighted by Gasteiger charge is 2.35. The van der Waals surface area contributed by atoms with Crippen LogP contribution in [-0.2, 0) is 6.42 Å². The zero-order valence-electron chi connectivity index (χ0n) is 12.1. The largest absolute Gasteiger partial charge is 0.269 e. The molecule has 0 aliphatic carbocycles. The number of imide groups is 1. The third kappa shape index (κ3) is 3.04. The number of fused-ring (bicyclic) bond motifs is 1. The summed E-state index contributed by atoms with van der Waals surface area (Å²) in [5.74, 6) is -1.92. The van der Waals surface area contributed by atoms with E-state index in [1.807, 2.05) is 0 Å². The van der Waals surface area contributed by atoms with E-state index in [1.54, 1.807) is 36.4 Å². The van der Waals surface area contributed by atoms with Crippen LogP contribution in [0.15, 0.2) is 60.4 Å². The molecule has 0 N–H and O–H groups in total. The van der Waals surface area contributed by atoms with Crippen molar-refractivity contribution in [3.05, 3.63) is 82.9 Å². The first-order valence-corrected chi connectivity index (χ1v) is 7.10. The molecule has 0 spiro atoms. The van der Waals surface area contributed by atoms with Crippen LogP contribution in [0.2, 0.25) is 0 Å².